The maximum absolute atomic E-state index is 12.6. The first-order chi connectivity index (χ1) is 13.7. The van der Waals surface area contributed by atoms with Crippen LogP contribution in [0.25, 0.3) is 10.6 Å². The molecule has 3 aromatic rings. The van der Waals surface area contributed by atoms with E-state index in [9.17, 15) is 4.79 Å². The average molecular weight is 415 g/mol. The highest BCUT2D eigenvalue weighted by atomic mass is 32.2. The minimum atomic E-state index is -0.137. The lowest BCUT2D eigenvalue weighted by Crippen LogP contribution is -2.17. The molecule has 0 radical (unpaired) electrons. The van der Waals surface area contributed by atoms with Gasteiger partial charge < -0.3 is 10.1 Å². The third-order valence-electron chi connectivity index (χ3n) is 4.52. The van der Waals surface area contributed by atoms with E-state index in [-0.39, 0.29) is 5.91 Å². The number of nitrogens with one attached hydrogen (secondary N) is 1. The Hall–Kier alpha value is -2.16. The largest absolute Gasteiger partial charge is 0.381 e. The van der Waals surface area contributed by atoms with Crippen LogP contribution in [0.5, 0.6) is 0 Å². The third kappa shape index (κ3) is 4.81. The molecule has 0 aliphatic carbocycles. The van der Waals surface area contributed by atoms with Crippen molar-refractivity contribution in [3.05, 3.63) is 53.3 Å². The summed E-state index contributed by atoms with van der Waals surface area (Å²) in [5.41, 5.74) is 2.94. The number of aromatic nitrogens is 3. The van der Waals surface area contributed by atoms with E-state index in [1.165, 1.54) is 16.9 Å². The van der Waals surface area contributed by atoms with E-state index in [4.69, 9.17) is 4.74 Å². The van der Waals surface area contributed by atoms with Crippen LogP contribution in [-0.2, 0) is 17.5 Å². The second-order valence-corrected chi connectivity index (χ2v) is 9.03. The minimum absolute atomic E-state index is 0.137. The standard InChI is InChI=1S/C20H22N4O2S2/c1-24-12-15(10-22-24)20-21-11-18(28-20)19(25)23-16-4-2-3-14(9-16)13-27-17-5-7-26-8-6-17/h2-4,9-12,17H,5-8,13H2,1H3,(H,23,25). The van der Waals surface area contributed by atoms with Crippen molar-refractivity contribution in [3.8, 4) is 10.6 Å². The normalized spacial score (nSPS) is 14.9. The number of carbonyl (C=O) groups is 1. The van der Waals surface area contributed by atoms with E-state index in [2.05, 4.69) is 21.5 Å². The number of anilines is 1. The highest BCUT2D eigenvalue weighted by Gasteiger charge is 2.15. The van der Waals surface area contributed by atoms with Crippen LogP contribution in [0.4, 0.5) is 5.69 Å². The number of aryl methyl sites for hydroxylation is 1. The molecule has 1 aliphatic heterocycles. The van der Waals surface area contributed by atoms with Crippen molar-refractivity contribution in [2.45, 2.75) is 23.8 Å². The number of rotatable bonds is 6. The van der Waals surface area contributed by atoms with Gasteiger partial charge in [-0.1, -0.05) is 12.1 Å². The van der Waals surface area contributed by atoms with Gasteiger partial charge in [-0.15, -0.1) is 11.3 Å². The Labute approximate surface area is 172 Å². The molecule has 0 bridgehead atoms. The third-order valence-corrected chi connectivity index (χ3v) is 7.01. The van der Waals surface area contributed by atoms with Gasteiger partial charge in [-0.3, -0.25) is 9.48 Å². The molecule has 1 saturated heterocycles. The molecule has 1 aromatic carbocycles. The molecule has 8 heteroatoms. The Balaban J connectivity index is 1.37. The first-order valence-electron chi connectivity index (χ1n) is 9.22. The number of ether oxygens (including phenoxy) is 1. The second-order valence-electron chi connectivity index (χ2n) is 6.71. The molecule has 1 amide bonds. The van der Waals surface area contributed by atoms with Crippen molar-refractivity contribution in [2.24, 2.45) is 7.05 Å². The number of benzene rings is 1. The molecule has 6 nitrogen and oxygen atoms in total. The van der Waals surface area contributed by atoms with Gasteiger partial charge in [0.2, 0.25) is 0 Å². The SMILES string of the molecule is Cn1cc(-c2ncc(C(=O)Nc3cccc(CSC4CCOCC4)c3)s2)cn1. The molecule has 0 atom stereocenters. The number of nitrogens with zero attached hydrogens (tertiary/aromatic N) is 3. The van der Waals surface area contributed by atoms with Gasteiger partial charge in [0.25, 0.3) is 5.91 Å². The predicted octanol–water partition coefficient (Wildman–Crippen LogP) is 4.21. The van der Waals surface area contributed by atoms with Crippen LogP contribution in [0.15, 0.2) is 42.9 Å². The number of thioether (sulfide) groups is 1. The summed E-state index contributed by atoms with van der Waals surface area (Å²) >= 11 is 3.34. The number of hydrogen-bond acceptors (Lipinski definition) is 6. The molecule has 3 heterocycles. The summed E-state index contributed by atoms with van der Waals surface area (Å²) in [5.74, 6) is 0.807. The number of carbonyl (C=O) groups excluding carboxylic acids is 1. The van der Waals surface area contributed by atoms with E-state index in [0.29, 0.717) is 10.1 Å². The van der Waals surface area contributed by atoms with E-state index in [1.807, 2.05) is 43.2 Å². The molecule has 1 aliphatic rings. The molecule has 1 fully saturated rings. The lowest BCUT2D eigenvalue weighted by atomic mass is 10.2. The average Bonchev–Trinajstić information content (AvgIpc) is 3.37. The van der Waals surface area contributed by atoms with Gasteiger partial charge in [-0.25, -0.2) is 4.98 Å². The van der Waals surface area contributed by atoms with Crippen LogP contribution < -0.4 is 5.32 Å². The molecule has 0 spiro atoms. The fourth-order valence-electron chi connectivity index (χ4n) is 3.03. The van der Waals surface area contributed by atoms with Gasteiger partial charge in [0.15, 0.2) is 0 Å². The van der Waals surface area contributed by atoms with Crippen molar-refractivity contribution in [2.75, 3.05) is 18.5 Å². The predicted molar refractivity (Wildman–Crippen MR) is 114 cm³/mol. The molecule has 2 aromatic heterocycles. The molecular formula is C20H22N4O2S2. The highest BCUT2D eigenvalue weighted by molar-refractivity contribution is 7.99. The highest BCUT2D eigenvalue weighted by Crippen LogP contribution is 2.27. The second kappa shape index (κ2) is 8.89. The lowest BCUT2D eigenvalue weighted by Gasteiger charge is -2.21. The molecular weight excluding hydrogens is 392 g/mol. The summed E-state index contributed by atoms with van der Waals surface area (Å²) in [4.78, 5) is 17.5. The number of thiazole rings is 1. The number of hydrogen-bond donors (Lipinski definition) is 1. The van der Waals surface area contributed by atoms with Crippen molar-refractivity contribution in [3.63, 3.8) is 0 Å². The van der Waals surface area contributed by atoms with E-state index in [1.54, 1.807) is 17.1 Å². The summed E-state index contributed by atoms with van der Waals surface area (Å²) in [7, 11) is 1.86. The Morgan fingerprint density at radius 3 is 3.00 bits per heavy atom. The Bertz CT molecular complexity index is 947. The van der Waals surface area contributed by atoms with Gasteiger partial charge in [0, 0.05) is 48.7 Å². The van der Waals surface area contributed by atoms with Gasteiger partial charge in [0.1, 0.15) is 9.88 Å². The quantitative estimate of drug-likeness (QED) is 0.654. The maximum Gasteiger partial charge on any atom is 0.267 e. The summed E-state index contributed by atoms with van der Waals surface area (Å²) in [6.45, 7) is 1.73. The van der Waals surface area contributed by atoms with Crippen molar-refractivity contribution < 1.29 is 9.53 Å². The van der Waals surface area contributed by atoms with Gasteiger partial charge in [0.05, 0.1) is 12.4 Å². The van der Waals surface area contributed by atoms with Gasteiger partial charge in [-0.2, -0.15) is 16.9 Å². The molecule has 0 unspecified atom stereocenters. The summed E-state index contributed by atoms with van der Waals surface area (Å²) in [6, 6.07) is 8.06. The Kier molecular flexibility index (Phi) is 6.09. The summed E-state index contributed by atoms with van der Waals surface area (Å²) < 4.78 is 7.14. The molecule has 146 valence electrons. The van der Waals surface area contributed by atoms with Gasteiger partial charge in [-0.05, 0) is 30.5 Å². The fraction of sp³-hybridized carbons (Fsp3) is 0.350. The van der Waals surface area contributed by atoms with Crippen molar-refractivity contribution in [1.29, 1.82) is 0 Å². The zero-order chi connectivity index (χ0) is 19.3. The van der Waals surface area contributed by atoms with Crippen LogP contribution >= 0.6 is 23.1 Å². The minimum Gasteiger partial charge on any atom is -0.381 e. The first kappa shape index (κ1) is 19.2. The van der Waals surface area contributed by atoms with E-state index >= 15 is 0 Å². The van der Waals surface area contributed by atoms with Gasteiger partial charge >= 0.3 is 0 Å². The maximum atomic E-state index is 12.6. The topological polar surface area (TPSA) is 69.0 Å². The first-order valence-corrected chi connectivity index (χ1v) is 11.1. The summed E-state index contributed by atoms with van der Waals surface area (Å²) in [6.07, 6.45) is 7.49. The molecule has 4 rings (SSSR count). The smallest absolute Gasteiger partial charge is 0.267 e. The van der Waals surface area contributed by atoms with Crippen LogP contribution in [0.1, 0.15) is 28.1 Å². The molecule has 28 heavy (non-hydrogen) atoms. The van der Waals surface area contributed by atoms with Crippen LogP contribution in [-0.4, -0.2) is 39.1 Å². The van der Waals surface area contributed by atoms with E-state index < -0.39 is 0 Å². The number of amides is 1. The monoisotopic (exact) mass is 414 g/mol. The van der Waals surface area contributed by atoms with E-state index in [0.717, 1.165) is 48.1 Å². The molecule has 1 N–H and O–H groups in total. The fourth-order valence-corrected chi connectivity index (χ4v) is 4.95. The van der Waals surface area contributed by atoms with Crippen LogP contribution in [0.2, 0.25) is 0 Å². The van der Waals surface area contributed by atoms with Crippen LogP contribution in [0.3, 0.4) is 0 Å². The summed E-state index contributed by atoms with van der Waals surface area (Å²) in [5, 5.41) is 8.59. The van der Waals surface area contributed by atoms with Crippen LogP contribution in [0, 0.1) is 0 Å². The molecule has 0 saturated carbocycles. The zero-order valence-electron chi connectivity index (χ0n) is 15.6. The van der Waals surface area contributed by atoms with Crippen molar-refractivity contribution >= 4 is 34.7 Å². The van der Waals surface area contributed by atoms with Crippen molar-refractivity contribution in [1.82, 2.24) is 14.8 Å². The Morgan fingerprint density at radius 2 is 2.21 bits per heavy atom. The lowest BCUT2D eigenvalue weighted by molar-refractivity contribution is 0.1000. The zero-order valence-corrected chi connectivity index (χ0v) is 17.3. The Morgan fingerprint density at radius 1 is 1.36 bits per heavy atom.